The van der Waals surface area contributed by atoms with Crippen LogP contribution in [0.1, 0.15) is 38.4 Å². The lowest BCUT2D eigenvalue weighted by molar-refractivity contribution is -0.124. The summed E-state index contributed by atoms with van der Waals surface area (Å²) in [6.45, 7) is 2.95. The van der Waals surface area contributed by atoms with Gasteiger partial charge < -0.3 is 16.0 Å². The standard InChI is InChI=1S/C13H22N4O/c1-2-11-16-7-9-17(11)8-5-10-4-3-6-13(10,15)12(14)18/h7,9-10H,2-6,8,15H2,1H3,(H2,14,18). The lowest BCUT2D eigenvalue weighted by Crippen LogP contribution is -2.54. The minimum absolute atomic E-state index is 0.196. The molecule has 1 aliphatic rings. The third-order valence-corrected chi connectivity index (χ3v) is 4.17. The molecule has 2 rings (SSSR count). The fourth-order valence-electron chi connectivity index (χ4n) is 2.98. The van der Waals surface area contributed by atoms with Gasteiger partial charge in [-0.3, -0.25) is 4.79 Å². The van der Waals surface area contributed by atoms with Crippen LogP contribution in [-0.4, -0.2) is 21.0 Å². The number of hydrogen-bond acceptors (Lipinski definition) is 3. The molecule has 1 fully saturated rings. The number of amides is 1. The van der Waals surface area contributed by atoms with Gasteiger partial charge in [-0.25, -0.2) is 4.98 Å². The van der Waals surface area contributed by atoms with Crippen molar-refractivity contribution in [2.45, 2.75) is 51.1 Å². The SMILES string of the molecule is CCc1nccn1CCC1CCCC1(N)C(N)=O. The molecule has 100 valence electrons. The molecule has 1 aromatic rings. The number of nitrogens with two attached hydrogens (primary N) is 2. The Balaban J connectivity index is 2.00. The highest BCUT2D eigenvalue weighted by Gasteiger charge is 2.43. The predicted octanol–water partition coefficient (Wildman–Crippen LogP) is 0.819. The molecule has 0 bridgehead atoms. The van der Waals surface area contributed by atoms with Crippen molar-refractivity contribution in [3.05, 3.63) is 18.2 Å². The van der Waals surface area contributed by atoms with E-state index in [0.29, 0.717) is 0 Å². The fraction of sp³-hybridized carbons (Fsp3) is 0.692. The summed E-state index contributed by atoms with van der Waals surface area (Å²) >= 11 is 0. The molecule has 0 aromatic carbocycles. The van der Waals surface area contributed by atoms with Crippen molar-refractivity contribution in [2.24, 2.45) is 17.4 Å². The van der Waals surface area contributed by atoms with Gasteiger partial charge >= 0.3 is 0 Å². The van der Waals surface area contributed by atoms with Gasteiger partial charge in [-0.05, 0) is 25.2 Å². The van der Waals surface area contributed by atoms with Crippen molar-refractivity contribution in [3.63, 3.8) is 0 Å². The Bertz CT molecular complexity index is 428. The first-order valence-electron chi connectivity index (χ1n) is 6.66. The van der Waals surface area contributed by atoms with Gasteiger partial charge in [-0.2, -0.15) is 0 Å². The zero-order chi connectivity index (χ0) is 13.2. The van der Waals surface area contributed by atoms with Crippen LogP contribution in [0.5, 0.6) is 0 Å². The van der Waals surface area contributed by atoms with Crippen LogP contribution in [0.3, 0.4) is 0 Å². The molecule has 1 heterocycles. The monoisotopic (exact) mass is 250 g/mol. The number of primary amides is 1. The maximum Gasteiger partial charge on any atom is 0.237 e. The van der Waals surface area contributed by atoms with Crippen LogP contribution in [0.4, 0.5) is 0 Å². The van der Waals surface area contributed by atoms with E-state index in [4.69, 9.17) is 11.5 Å². The maximum atomic E-state index is 11.5. The Labute approximate surface area is 108 Å². The van der Waals surface area contributed by atoms with Crippen molar-refractivity contribution in [2.75, 3.05) is 0 Å². The first kappa shape index (κ1) is 13.1. The molecule has 1 aliphatic carbocycles. The molecule has 0 saturated heterocycles. The van der Waals surface area contributed by atoms with E-state index in [0.717, 1.165) is 44.5 Å². The van der Waals surface area contributed by atoms with Crippen LogP contribution in [0.2, 0.25) is 0 Å². The Morgan fingerprint density at radius 2 is 2.44 bits per heavy atom. The summed E-state index contributed by atoms with van der Waals surface area (Å²) < 4.78 is 2.14. The van der Waals surface area contributed by atoms with Gasteiger partial charge in [0.2, 0.25) is 5.91 Å². The van der Waals surface area contributed by atoms with Gasteiger partial charge in [0.15, 0.2) is 0 Å². The van der Waals surface area contributed by atoms with Gasteiger partial charge in [0.1, 0.15) is 5.82 Å². The molecule has 2 atom stereocenters. The van der Waals surface area contributed by atoms with Crippen LogP contribution < -0.4 is 11.5 Å². The molecular formula is C13H22N4O. The topological polar surface area (TPSA) is 86.9 Å². The molecule has 0 spiro atoms. The lowest BCUT2D eigenvalue weighted by Gasteiger charge is -2.28. The minimum atomic E-state index is -0.799. The first-order chi connectivity index (χ1) is 8.58. The third-order valence-electron chi connectivity index (χ3n) is 4.17. The van der Waals surface area contributed by atoms with E-state index >= 15 is 0 Å². The summed E-state index contributed by atoms with van der Waals surface area (Å²) in [6.07, 6.45) is 8.32. The van der Waals surface area contributed by atoms with Gasteiger partial charge in [-0.15, -0.1) is 0 Å². The summed E-state index contributed by atoms with van der Waals surface area (Å²) in [5.74, 6) is 0.920. The highest BCUT2D eigenvalue weighted by Crippen LogP contribution is 2.36. The zero-order valence-electron chi connectivity index (χ0n) is 10.9. The number of nitrogens with zero attached hydrogens (tertiary/aromatic N) is 2. The molecule has 1 amide bonds. The van der Waals surface area contributed by atoms with Crippen LogP contribution >= 0.6 is 0 Å². The second-order valence-electron chi connectivity index (χ2n) is 5.17. The average Bonchev–Trinajstić information content (AvgIpc) is 2.93. The summed E-state index contributed by atoms with van der Waals surface area (Å²) in [5.41, 5.74) is 10.8. The Morgan fingerprint density at radius 1 is 1.67 bits per heavy atom. The number of rotatable bonds is 5. The number of imidazole rings is 1. The van der Waals surface area contributed by atoms with Crippen molar-refractivity contribution < 1.29 is 4.79 Å². The molecule has 2 unspecified atom stereocenters. The fourth-order valence-corrected chi connectivity index (χ4v) is 2.98. The van der Waals surface area contributed by atoms with Gasteiger partial charge in [0, 0.05) is 25.4 Å². The van der Waals surface area contributed by atoms with Crippen LogP contribution in [0, 0.1) is 5.92 Å². The number of hydrogen-bond donors (Lipinski definition) is 2. The highest BCUT2D eigenvalue weighted by molar-refractivity contribution is 5.85. The van der Waals surface area contributed by atoms with E-state index in [9.17, 15) is 4.79 Å². The predicted molar refractivity (Wildman–Crippen MR) is 69.7 cm³/mol. The van der Waals surface area contributed by atoms with Crippen molar-refractivity contribution in [3.8, 4) is 0 Å². The van der Waals surface area contributed by atoms with Crippen molar-refractivity contribution in [1.29, 1.82) is 0 Å². The summed E-state index contributed by atoms with van der Waals surface area (Å²) in [7, 11) is 0. The number of aryl methyl sites for hydroxylation is 2. The lowest BCUT2D eigenvalue weighted by atomic mass is 9.85. The summed E-state index contributed by atoms with van der Waals surface area (Å²) in [5, 5.41) is 0. The number of aromatic nitrogens is 2. The summed E-state index contributed by atoms with van der Waals surface area (Å²) in [4.78, 5) is 15.8. The van der Waals surface area contributed by atoms with E-state index in [1.165, 1.54) is 0 Å². The van der Waals surface area contributed by atoms with E-state index in [2.05, 4.69) is 16.5 Å². The number of carbonyl (C=O) groups excluding carboxylic acids is 1. The molecule has 1 aromatic heterocycles. The largest absolute Gasteiger partial charge is 0.368 e. The molecule has 4 N–H and O–H groups in total. The van der Waals surface area contributed by atoms with Crippen molar-refractivity contribution >= 4 is 5.91 Å². The first-order valence-corrected chi connectivity index (χ1v) is 6.66. The maximum absolute atomic E-state index is 11.5. The molecule has 5 nitrogen and oxygen atoms in total. The summed E-state index contributed by atoms with van der Waals surface area (Å²) in [6, 6.07) is 0. The molecule has 0 radical (unpaired) electrons. The Hall–Kier alpha value is -1.36. The Kier molecular flexibility index (Phi) is 3.71. The highest BCUT2D eigenvalue weighted by atomic mass is 16.1. The quantitative estimate of drug-likeness (QED) is 0.811. The smallest absolute Gasteiger partial charge is 0.237 e. The minimum Gasteiger partial charge on any atom is -0.368 e. The number of carbonyl (C=O) groups is 1. The van der Waals surface area contributed by atoms with E-state index < -0.39 is 5.54 Å². The second kappa shape index (κ2) is 5.10. The van der Waals surface area contributed by atoms with E-state index in [-0.39, 0.29) is 11.8 Å². The Morgan fingerprint density at radius 3 is 3.11 bits per heavy atom. The van der Waals surface area contributed by atoms with E-state index in [1.807, 2.05) is 12.4 Å². The van der Waals surface area contributed by atoms with Gasteiger partial charge in [0.05, 0.1) is 5.54 Å². The second-order valence-corrected chi connectivity index (χ2v) is 5.17. The molecule has 1 saturated carbocycles. The zero-order valence-corrected chi connectivity index (χ0v) is 10.9. The van der Waals surface area contributed by atoms with Gasteiger partial charge in [-0.1, -0.05) is 13.3 Å². The molecule has 5 heteroatoms. The van der Waals surface area contributed by atoms with E-state index in [1.54, 1.807) is 0 Å². The normalized spacial score (nSPS) is 27.6. The van der Waals surface area contributed by atoms with Crippen LogP contribution in [-0.2, 0) is 17.8 Å². The average molecular weight is 250 g/mol. The van der Waals surface area contributed by atoms with Crippen LogP contribution in [0.25, 0.3) is 0 Å². The van der Waals surface area contributed by atoms with Gasteiger partial charge in [0.25, 0.3) is 0 Å². The molecule has 0 aliphatic heterocycles. The van der Waals surface area contributed by atoms with Crippen molar-refractivity contribution in [1.82, 2.24) is 9.55 Å². The third kappa shape index (κ3) is 2.27. The molecule has 18 heavy (non-hydrogen) atoms. The van der Waals surface area contributed by atoms with Crippen LogP contribution in [0.15, 0.2) is 12.4 Å². The molecular weight excluding hydrogens is 228 g/mol.